The maximum absolute atomic E-state index is 13.1. The van der Waals surface area contributed by atoms with Crippen molar-refractivity contribution in [3.8, 4) is 11.6 Å². The van der Waals surface area contributed by atoms with Gasteiger partial charge < -0.3 is 15.0 Å². The zero-order valence-electron chi connectivity index (χ0n) is 18.1. The van der Waals surface area contributed by atoms with Crippen LogP contribution in [-0.4, -0.2) is 45.6 Å². The minimum absolute atomic E-state index is 0.0328. The smallest absolute Gasteiger partial charge is 0.416 e. The number of aromatic nitrogens is 2. The highest BCUT2D eigenvalue weighted by Crippen LogP contribution is 2.30. The molecular formula is C21H21F4N5O3S. The number of hydrogen-bond donors (Lipinski definition) is 2. The van der Waals surface area contributed by atoms with Crippen molar-refractivity contribution in [3.05, 3.63) is 66.0 Å². The molecule has 0 radical (unpaired) electrons. The molecule has 0 aliphatic rings. The summed E-state index contributed by atoms with van der Waals surface area (Å²) in [5.41, 5.74) is -1.06. The fraction of sp³-hybridized carbons (Fsp3) is 0.238. The van der Waals surface area contributed by atoms with Gasteiger partial charge in [-0.25, -0.2) is 17.5 Å². The highest BCUT2D eigenvalue weighted by atomic mass is 32.2. The molecule has 0 spiro atoms. The molecule has 2 aromatic carbocycles. The summed E-state index contributed by atoms with van der Waals surface area (Å²) >= 11 is 0. The summed E-state index contributed by atoms with van der Waals surface area (Å²) in [6, 6.07) is 10.4. The van der Waals surface area contributed by atoms with E-state index in [9.17, 15) is 26.0 Å². The summed E-state index contributed by atoms with van der Waals surface area (Å²) < 4.78 is 84.3. The number of anilines is 2. The van der Waals surface area contributed by atoms with E-state index in [1.165, 1.54) is 24.3 Å². The third kappa shape index (κ3) is 6.78. The Bertz CT molecular complexity index is 1240. The summed E-state index contributed by atoms with van der Waals surface area (Å²) in [6.45, 7) is -0.118. The second kappa shape index (κ2) is 10.2. The zero-order valence-corrected chi connectivity index (χ0v) is 18.9. The van der Waals surface area contributed by atoms with Gasteiger partial charge in [0.25, 0.3) is 0 Å². The van der Waals surface area contributed by atoms with Crippen LogP contribution >= 0.6 is 0 Å². The monoisotopic (exact) mass is 499 g/mol. The molecule has 0 amide bonds. The van der Waals surface area contributed by atoms with E-state index in [-0.39, 0.29) is 24.9 Å². The molecule has 1 heterocycles. The van der Waals surface area contributed by atoms with Crippen LogP contribution in [0.15, 0.2) is 59.5 Å². The number of nitrogens with zero attached hydrogens (tertiary/aromatic N) is 3. The van der Waals surface area contributed by atoms with Crippen LogP contribution in [0.2, 0.25) is 0 Å². The number of rotatable bonds is 9. The van der Waals surface area contributed by atoms with Crippen molar-refractivity contribution in [2.75, 3.05) is 37.4 Å². The van der Waals surface area contributed by atoms with Gasteiger partial charge in [-0.15, -0.1) is 0 Å². The number of sulfonamides is 1. The number of nitrogens with one attached hydrogen (secondary N) is 2. The molecule has 2 N–H and O–H groups in total. The molecule has 3 rings (SSSR count). The van der Waals surface area contributed by atoms with Crippen LogP contribution in [-0.2, 0) is 16.2 Å². The van der Waals surface area contributed by atoms with E-state index in [0.29, 0.717) is 17.6 Å². The van der Waals surface area contributed by atoms with E-state index in [1.54, 1.807) is 25.1 Å². The predicted octanol–water partition coefficient (Wildman–Crippen LogP) is 3.88. The Balaban J connectivity index is 1.65. The summed E-state index contributed by atoms with van der Waals surface area (Å²) in [6.07, 6.45) is -4.66. The number of benzene rings is 2. The van der Waals surface area contributed by atoms with Crippen molar-refractivity contribution in [1.82, 2.24) is 14.7 Å². The van der Waals surface area contributed by atoms with E-state index in [1.807, 2.05) is 0 Å². The summed E-state index contributed by atoms with van der Waals surface area (Å²) in [5, 5.41) is 2.84. The van der Waals surface area contributed by atoms with Crippen molar-refractivity contribution < 1.29 is 30.7 Å². The lowest BCUT2D eigenvalue weighted by Gasteiger charge is -2.15. The Morgan fingerprint density at radius 1 is 1.00 bits per heavy atom. The first kappa shape index (κ1) is 25.2. The van der Waals surface area contributed by atoms with Crippen molar-refractivity contribution in [3.63, 3.8) is 0 Å². The van der Waals surface area contributed by atoms with E-state index in [4.69, 9.17) is 4.74 Å². The van der Waals surface area contributed by atoms with Crippen molar-refractivity contribution >= 4 is 21.8 Å². The van der Waals surface area contributed by atoms with E-state index < -0.39 is 32.5 Å². The van der Waals surface area contributed by atoms with Gasteiger partial charge in [-0.05, 0) is 42.5 Å². The van der Waals surface area contributed by atoms with Crippen molar-refractivity contribution in [2.24, 2.45) is 0 Å². The number of hydrogen-bond acceptors (Lipinski definition) is 7. The van der Waals surface area contributed by atoms with Gasteiger partial charge in [0.15, 0.2) is 0 Å². The molecule has 0 saturated heterocycles. The second-order valence-corrected chi connectivity index (χ2v) is 8.96. The zero-order chi connectivity index (χ0) is 24.9. The largest absolute Gasteiger partial charge is 0.439 e. The lowest BCUT2D eigenvalue weighted by molar-refractivity contribution is -0.137. The molecule has 34 heavy (non-hydrogen) atoms. The van der Waals surface area contributed by atoms with Gasteiger partial charge in [0.05, 0.1) is 10.5 Å². The first-order valence-electron chi connectivity index (χ1n) is 9.85. The Kier molecular flexibility index (Phi) is 7.57. The summed E-state index contributed by atoms with van der Waals surface area (Å²) in [7, 11) is -0.672. The third-order valence-corrected chi connectivity index (χ3v) is 5.81. The average molecular weight is 499 g/mol. The Hall–Kier alpha value is -3.45. The average Bonchev–Trinajstić information content (AvgIpc) is 2.78. The van der Waals surface area contributed by atoms with Gasteiger partial charge in [-0.3, -0.25) is 0 Å². The van der Waals surface area contributed by atoms with Crippen LogP contribution in [0, 0.1) is 5.82 Å². The first-order chi connectivity index (χ1) is 15.9. The van der Waals surface area contributed by atoms with E-state index in [0.717, 1.165) is 18.2 Å². The van der Waals surface area contributed by atoms with Gasteiger partial charge in [0.2, 0.25) is 21.9 Å². The van der Waals surface area contributed by atoms with Crippen LogP contribution in [0.25, 0.3) is 0 Å². The predicted molar refractivity (Wildman–Crippen MR) is 118 cm³/mol. The SMILES string of the molecule is CN(C)c1cc(Oc2ccc(F)cc2)nc(NCCNS(=O)(=O)c2cccc(C(F)(F)F)c2)n1. The van der Waals surface area contributed by atoms with Gasteiger partial charge >= 0.3 is 6.18 Å². The number of alkyl halides is 3. The Labute approximate surface area is 193 Å². The molecule has 182 valence electrons. The molecule has 13 heteroatoms. The fourth-order valence-electron chi connectivity index (χ4n) is 2.68. The molecule has 0 atom stereocenters. The van der Waals surface area contributed by atoms with Crippen LogP contribution in [0.1, 0.15) is 5.56 Å². The van der Waals surface area contributed by atoms with Gasteiger partial charge in [0, 0.05) is 33.3 Å². The standard InChI is InChI=1S/C21H21F4N5O3S/c1-30(2)18-13-19(33-16-8-6-15(22)7-9-16)29-20(28-18)26-10-11-27-34(31,32)17-5-3-4-14(12-17)21(23,24)25/h3-9,12-13,27H,10-11H2,1-2H3,(H,26,28,29). The summed E-state index contributed by atoms with van der Waals surface area (Å²) in [4.78, 5) is 9.68. The maximum Gasteiger partial charge on any atom is 0.416 e. The molecular weight excluding hydrogens is 478 g/mol. The summed E-state index contributed by atoms with van der Waals surface area (Å²) in [5.74, 6) is 0.710. The number of halogens is 4. The van der Waals surface area contributed by atoms with Crippen LogP contribution < -0.4 is 19.7 Å². The molecule has 0 bridgehead atoms. The second-order valence-electron chi connectivity index (χ2n) is 7.19. The minimum Gasteiger partial charge on any atom is -0.439 e. The first-order valence-corrected chi connectivity index (χ1v) is 11.3. The number of ether oxygens (including phenoxy) is 1. The fourth-order valence-corrected chi connectivity index (χ4v) is 3.76. The Morgan fingerprint density at radius 2 is 1.71 bits per heavy atom. The molecule has 0 aliphatic heterocycles. The molecule has 3 aromatic rings. The lowest BCUT2D eigenvalue weighted by Crippen LogP contribution is -2.29. The lowest BCUT2D eigenvalue weighted by atomic mass is 10.2. The normalized spacial score (nSPS) is 11.8. The maximum atomic E-state index is 13.1. The van der Waals surface area contributed by atoms with Gasteiger partial charge in [-0.1, -0.05) is 6.07 Å². The van der Waals surface area contributed by atoms with Crippen LogP contribution in [0.3, 0.4) is 0 Å². The van der Waals surface area contributed by atoms with Crippen molar-refractivity contribution in [2.45, 2.75) is 11.1 Å². The highest BCUT2D eigenvalue weighted by molar-refractivity contribution is 7.89. The van der Waals surface area contributed by atoms with Gasteiger partial charge in [-0.2, -0.15) is 23.1 Å². The van der Waals surface area contributed by atoms with E-state index in [2.05, 4.69) is 20.0 Å². The molecule has 0 saturated carbocycles. The third-order valence-electron chi connectivity index (χ3n) is 4.36. The quantitative estimate of drug-likeness (QED) is 0.341. The van der Waals surface area contributed by atoms with Crippen molar-refractivity contribution in [1.29, 1.82) is 0 Å². The molecule has 0 unspecified atom stereocenters. The van der Waals surface area contributed by atoms with Crippen LogP contribution in [0.5, 0.6) is 11.6 Å². The van der Waals surface area contributed by atoms with Crippen LogP contribution in [0.4, 0.5) is 29.3 Å². The van der Waals surface area contributed by atoms with Gasteiger partial charge in [0.1, 0.15) is 17.4 Å². The minimum atomic E-state index is -4.66. The molecule has 0 fully saturated rings. The highest BCUT2D eigenvalue weighted by Gasteiger charge is 2.31. The van der Waals surface area contributed by atoms with E-state index >= 15 is 0 Å². The molecule has 8 nitrogen and oxygen atoms in total. The molecule has 1 aromatic heterocycles. The topological polar surface area (TPSA) is 96.5 Å². The molecule has 0 aliphatic carbocycles. The Morgan fingerprint density at radius 3 is 2.35 bits per heavy atom.